The molecule has 4 rings (SSSR count). The van der Waals surface area contributed by atoms with Crippen LogP contribution in [0.3, 0.4) is 0 Å². The number of amides is 1. The first-order valence-corrected chi connectivity index (χ1v) is 10.9. The number of nitrogens with zero attached hydrogens (tertiary/aromatic N) is 6. The van der Waals surface area contributed by atoms with Crippen molar-refractivity contribution in [3.8, 4) is 0 Å². The zero-order valence-corrected chi connectivity index (χ0v) is 18.5. The van der Waals surface area contributed by atoms with E-state index in [-0.39, 0.29) is 11.9 Å². The van der Waals surface area contributed by atoms with Gasteiger partial charge in [0.05, 0.1) is 18.4 Å². The largest absolute Gasteiger partial charge is 0.340 e. The second-order valence-corrected chi connectivity index (χ2v) is 8.62. The van der Waals surface area contributed by atoms with Gasteiger partial charge < -0.3 is 4.90 Å². The van der Waals surface area contributed by atoms with Crippen molar-refractivity contribution < 1.29 is 4.79 Å². The van der Waals surface area contributed by atoms with E-state index in [1.165, 1.54) is 11.1 Å². The van der Waals surface area contributed by atoms with Crippen molar-refractivity contribution in [2.24, 2.45) is 0 Å². The van der Waals surface area contributed by atoms with Crippen molar-refractivity contribution in [3.63, 3.8) is 0 Å². The zero-order valence-electron chi connectivity index (χ0n) is 18.5. The fourth-order valence-electron chi connectivity index (χ4n) is 4.33. The fourth-order valence-corrected chi connectivity index (χ4v) is 4.33. The SMILES string of the molecule is Cc1cccc(CN2CCN(C(=O)CCn3ncc4c3c(C)nn4C(C)C)CC2)c1. The molecule has 0 atom stereocenters. The molecular formula is C23H32N6O. The van der Waals surface area contributed by atoms with Gasteiger partial charge in [0.1, 0.15) is 11.0 Å². The zero-order chi connectivity index (χ0) is 21.3. The summed E-state index contributed by atoms with van der Waals surface area (Å²) >= 11 is 0. The summed E-state index contributed by atoms with van der Waals surface area (Å²) in [5.41, 5.74) is 5.69. The Morgan fingerprint density at radius 2 is 1.90 bits per heavy atom. The molecule has 0 radical (unpaired) electrons. The summed E-state index contributed by atoms with van der Waals surface area (Å²) in [6.45, 7) is 13.4. The monoisotopic (exact) mass is 408 g/mol. The van der Waals surface area contributed by atoms with Crippen LogP contribution in [0.2, 0.25) is 0 Å². The summed E-state index contributed by atoms with van der Waals surface area (Å²) < 4.78 is 3.94. The first kappa shape index (κ1) is 20.6. The molecule has 0 spiro atoms. The number of aryl methyl sites for hydroxylation is 3. The van der Waals surface area contributed by atoms with E-state index in [1.54, 1.807) is 0 Å². The molecule has 7 heteroatoms. The van der Waals surface area contributed by atoms with E-state index in [1.807, 2.05) is 27.4 Å². The van der Waals surface area contributed by atoms with Crippen molar-refractivity contribution in [1.82, 2.24) is 29.4 Å². The van der Waals surface area contributed by atoms with Crippen molar-refractivity contribution in [1.29, 1.82) is 0 Å². The van der Waals surface area contributed by atoms with Gasteiger partial charge in [-0.1, -0.05) is 29.8 Å². The molecule has 1 aliphatic heterocycles. The Morgan fingerprint density at radius 3 is 2.60 bits per heavy atom. The molecule has 0 aliphatic carbocycles. The van der Waals surface area contributed by atoms with Crippen molar-refractivity contribution >= 4 is 16.9 Å². The third-order valence-electron chi connectivity index (χ3n) is 5.91. The standard InChI is InChI=1S/C23H32N6O/c1-17(2)29-21-15-24-28(23(21)19(4)25-29)9-8-22(30)27-12-10-26(11-13-27)16-20-7-5-6-18(3)14-20/h5-7,14-15,17H,8-13,16H2,1-4H3. The minimum atomic E-state index is 0.211. The molecule has 1 aliphatic rings. The molecule has 2 aromatic heterocycles. The maximum absolute atomic E-state index is 12.8. The van der Waals surface area contributed by atoms with E-state index < -0.39 is 0 Å². The van der Waals surface area contributed by atoms with E-state index in [4.69, 9.17) is 0 Å². The molecule has 160 valence electrons. The van der Waals surface area contributed by atoms with Gasteiger partial charge >= 0.3 is 0 Å². The Balaban J connectivity index is 1.31. The van der Waals surface area contributed by atoms with Crippen LogP contribution in [0.5, 0.6) is 0 Å². The molecule has 30 heavy (non-hydrogen) atoms. The van der Waals surface area contributed by atoms with Crippen molar-refractivity contribution in [2.45, 2.75) is 53.2 Å². The fraction of sp³-hybridized carbons (Fsp3) is 0.522. The third kappa shape index (κ3) is 4.26. The molecule has 1 aromatic carbocycles. The van der Waals surface area contributed by atoms with E-state index in [0.29, 0.717) is 13.0 Å². The van der Waals surface area contributed by atoms with Gasteiger partial charge in [0.2, 0.25) is 5.91 Å². The van der Waals surface area contributed by atoms with Crippen LogP contribution in [0.4, 0.5) is 0 Å². The Labute approximate surface area is 178 Å². The predicted octanol–water partition coefficient (Wildman–Crippen LogP) is 3.17. The van der Waals surface area contributed by atoms with Crippen LogP contribution in [0, 0.1) is 13.8 Å². The van der Waals surface area contributed by atoms with E-state index in [2.05, 4.69) is 60.1 Å². The molecule has 3 aromatic rings. The molecule has 7 nitrogen and oxygen atoms in total. The third-order valence-corrected chi connectivity index (χ3v) is 5.91. The van der Waals surface area contributed by atoms with Crippen molar-refractivity contribution in [2.75, 3.05) is 26.2 Å². The van der Waals surface area contributed by atoms with Crippen LogP contribution in [0.25, 0.3) is 11.0 Å². The van der Waals surface area contributed by atoms with Gasteiger partial charge in [-0.25, -0.2) is 0 Å². The average Bonchev–Trinajstić information content (AvgIpc) is 3.28. The lowest BCUT2D eigenvalue weighted by atomic mass is 10.1. The van der Waals surface area contributed by atoms with Gasteiger partial charge in [-0.3, -0.25) is 19.1 Å². The summed E-state index contributed by atoms with van der Waals surface area (Å²) in [6, 6.07) is 8.95. The number of fused-ring (bicyclic) bond motifs is 1. The Hall–Kier alpha value is -2.67. The summed E-state index contributed by atoms with van der Waals surface area (Å²) in [5, 5.41) is 9.15. The number of carbonyl (C=O) groups excluding carboxylic acids is 1. The molecule has 0 N–H and O–H groups in total. The lowest BCUT2D eigenvalue weighted by Gasteiger charge is -2.35. The number of hydrogen-bond donors (Lipinski definition) is 0. The summed E-state index contributed by atoms with van der Waals surface area (Å²) in [4.78, 5) is 17.2. The van der Waals surface area contributed by atoms with E-state index >= 15 is 0 Å². The minimum Gasteiger partial charge on any atom is -0.340 e. The second kappa shape index (κ2) is 8.60. The topological polar surface area (TPSA) is 59.2 Å². The van der Waals surface area contributed by atoms with Crippen LogP contribution in [-0.2, 0) is 17.9 Å². The maximum atomic E-state index is 12.8. The summed E-state index contributed by atoms with van der Waals surface area (Å²) in [6.07, 6.45) is 2.34. The second-order valence-electron chi connectivity index (χ2n) is 8.62. The summed E-state index contributed by atoms with van der Waals surface area (Å²) in [7, 11) is 0. The average molecular weight is 409 g/mol. The first-order chi connectivity index (χ1) is 14.4. The summed E-state index contributed by atoms with van der Waals surface area (Å²) in [5.74, 6) is 0.211. The van der Waals surface area contributed by atoms with Gasteiger partial charge in [0.15, 0.2) is 0 Å². The Kier molecular flexibility index (Phi) is 5.90. The van der Waals surface area contributed by atoms with Crippen LogP contribution < -0.4 is 0 Å². The number of hydrogen-bond acceptors (Lipinski definition) is 4. The predicted molar refractivity (Wildman–Crippen MR) is 118 cm³/mol. The lowest BCUT2D eigenvalue weighted by molar-refractivity contribution is -0.133. The van der Waals surface area contributed by atoms with Gasteiger partial charge in [0.25, 0.3) is 0 Å². The highest BCUT2D eigenvalue weighted by Gasteiger charge is 2.22. The molecule has 0 saturated carbocycles. The molecule has 3 heterocycles. The van der Waals surface area contributed by atoms with Gasteiger partial charge in [-0.05, 0) is 33.3 Å². The van der Waals surface area contributed by atoms with Crippen LogP contribution in [-0.4, -0.2) is 61.4 Å². The van der Waals surface area contributed by atoms with Gasteiger partial charge in [0, 0.05) is 45.2 Å². The van der Waals surface area contributed by atoms with Crippen LogP contribution in [0.1, 0.15) is 43.1 Å². The van der Waals surface area contributed by atoms with Crippen LogP contribution in [0.15, 0.2) is 30.5 Å². The smallest absolute Gasteiger partial charge is 0.224 e. The molecule has 0 bridgehead atoms. The molecule has 1 fully saturated rings. The highest BCUT2D eigenvalue weighted by molar-refractivity contribution is 5.79. The van der Waals surface area contributed by atoms with Gasteiger partial charge in [-0.15, -0.1) is 0 Å². The van der Waals surface area contributed by atoms with E-state index in [9.17, 15) is 4.79 Å². The number of rotatable bonds is 6. The molecule has 0 unspecified atom stereocenters. The minimum absolute atomic E-state index is 0.211. The first-order valence-electron chi connectivity index (χ1n) is 10.9. The van der Waals surface area contributed by atoms with E-state index in [0.717, 1.165) is 49.5 Å². The normalized spacial score (nSPS) is 15.4. The van der Waals surface area contributed by atoms with Crippen LogP contribution >= 0.6 is 0 Å². The number of piperazine rings is 1. The van der Waals surface area contributed by atoms with Crippen molar-refractivity contribution in [3.05, 3.63) is 47.3 Å². The Morgan fingerprint density at radius 1 is 1.13 bits per heavy atom. The number of carbonyl (C=O) groups is 1. The quantitative estimate of drug-likeness (QED) is 0.629. The lowest BCUT2D eigenvalue weighted by Crippen LogP contribution is -2.48. The molecule has 1 amide bonds. The number of aromatic nitrogens is 4. The van der Waals surface area contributed by atoms with Gasteiger partial charge in [-0.2, -0.15) is 10.2 Å². The highest BCUT2D eigenvalue weighted by atomic mass is 16.2. The number of benzene rings is 1. The highest BCUT2D eigenvalue weighted by Crippen LogP contribution is 2.21. The molecular weight excluding hydrogens is 376 g/mol. The maximum Gasteiger partial charge on any atom is 0.224 e. The molecule has 1 saturated heterocycles. The Bertz CT molecular complexity index is 1030.